The minimum atomic E-state index is -0.176. The first kappa shape index (κ1) is 33.9. The SMILES string of the molecule is CC1(C)c2cc(-c3ccc4c(c3)sc3c5ccccc5c5ccccc5c43)ccc2-c2ccc(-c3c4ccccc4c(-c4cccc5ccccc45)c4ccccc34)cc21. The van der Waals surface area contributed by atoms with Crippen molar-refractivity contribution in [1.29, 1.82) is 0 Å². The molecule has 0 bridgehead atoms. The molecule has 0 nitrogen and oxygen atoms in total. The molecule has 0 spiro atoms. The van der Waals surface area contributed by atoms with E-state index in [0.717, 1.165) is 0 Å². The van der Waals surface area contributed by atoms with Gasteiger partial charge >= 0.3 is 0 Å². The van der Waals surface area contributed by atoms with E-state index >= 15 is 0 Å². The summed E-state index contributed by atoms with van der Waals surface area (Å²) >= 11 is 1.93. The molecule has 0 unspecified atom stereocenters. The lowest BCUT2D eigenvalue weighted by Crippen LogP contribution is -2.15. The van der Waals surface area contributed by atoms with Gasteiger partial charge in [-0.2, -0.15) is 0 Å². The Bertz CT molecular complexity index is 3740. The van der Waals surface area contributed by atoms with Gasteiger partial charge in [0.25, 0.3) is 0 Å². The third kappa shape index (κ3) is 4.67. The monoisotopic (exact) mass is 778 g/mol. The fourth-order valence-electron chi connectivity index (χ4n) is 10.8. The van der Waals surface area contributed by atoms with Crippen LogP contribution in [0.2, 0.25) is 0 Å². The fraction of sp³-hybridized carbons (Fsp3) is 0.0508. The van der Waals surface area contributed by atoms with Gasteiger partial charge < -0.3 is 0 Å². The second-order valence-corrected chi connectivity index (χ2v) is 18.2. The molecule has 0 radical (unpaired) electrons. The predicted octanol–water partition coefficient (Wildman–Crippen LogP) is 17.1. The Balaban J connectivity index is 0.950. The van der Waals surface area contributed by atoms with Crippen molar-refractivity contribution in [3.05, 3.63) is 205 Å². The predicted molar refractivity (Wildman–Crippen MR) is 261 cm³/mol. The lowest BCUT2D eigenvalue weighted by Gasteiger charge is -2.23. The van der Waals surface area contributed by atoms with Gasteiger partial charge in [0.05, 0.1) is 0 Å². The lowest BCUT2D eigenvalue weighted by atomic mass is 9.80. The van der Waals surface area contributed by atoms with E-state index in [1.807, 2.05) is 11.3 Å². The molecule has 1 heteroatoms. The van der Waals surface area contributed by atoms with E-state index in [2.05, 4.69) is 208 Å². The van der Waals surface area contributed by atoms with E-state index < -0.39 is 0 Å². The van der Waals surface area contributed by atoms with Crippen molar-refractivity contribution in [2.75, 3.05) is 0 Å². The summed E-state index contributed by atoms with van der Waals surface area (Å²) in [4.78, 5) is 0. The van der Waals surface area contributed by atoms with E-state index in [1.165, 1.54) is 130 Å². The standard InChI is InChI=1S/C59H38S/c1-59(2)52-32-36(37-27-31-51-54(34-37)60-58-50-24-12-6-18-41(50)40-17-5-7-19-45(40)57(51)58)26-29-42(52)43-30-28-38(33-53(43)59)55-46-20-8-10-22-48(46)56(49-23-11-9-21-47(49)55)44-25-13-15-35-14-3-4-16-39(35)44/h3-34H,1-2H3. The molecular formula is C59H38S. The van der Waals surface area contributed by atoms with Crippen LogP contribution in [0.3, 0.4) is 0 Å². The maximum absolute atomic E-state index is 2.50. The zero-order valence-electron chi connectivity index (χ0n) is 33.4. The van der Waals surface area contributed by atoms with Crippen molar-refractivity contribution >= 4 is 85.4 Å². The van der Waals surface area contributed by atoms with Crippen LogP contribution < -0.4 is 0 Å². The molecular weight excluding hydrogens is 741 g/mol. The summed E-state index contributed by atoms with van der Waals surface area (Å²) in [6.07, 6.45) is 0. The number of benzene rings is 11. The molecule has 0 fully saturated rings. The van der Waals surface area contributed by atoms with Gasteiger partial charge in [-0.05, 0) is 122 Å². The molecule has 1 aliphatic carbocycles. The summed E-state index contributed by atoms with van der Waals surface area (Å²) in [5, 5.41) is 15.7. The fourth-order valence-corrected chi connectivity index (χ4v) is 12.1. The van der Waals surface area contributed by atoms with E-state index in [0.29, 0.717) is 0 Å². The molecule has 1 aromatic heterocycles. The first-order valence-corrected chi connectivity index (χ1v) is 21.8. The van der Waals surface area contributed by atoms with Gasteiger partial charge in [-0.15, -0.1) is 11.3 Å². The molecule has 60 heavy (non-hydrogen) atoms. The Morgan fingerprint density at radius 1 is 0.333 bits per heavy atom. The topological polar surface area (TPSA) is 0 Å². The zero-order valence-corrected chi connectivity index (χ0v) is 34.2. The minimum Gasteiger partial charge on any atom is -0.134 e. The van der Waals surface area contributed by atoms with Gasteiger partial charge in [-0.3, -0.25) is 0 Å². The maximum atomic E-state index is 2.50. The molecule has 0 atom stereocenters. The average Bonchev–Trinajstić information content (AvgIpc) is 3.80. The van der Waals surface area contributed by atoms with Crippen LogP contribution >= 0.6 is 11.3 Å². The molecule has 0 amide bonds. The Morgan fingerprint density at radius 2 is 0.817 bits per heavy atom. The van der Waals surface area contributed by atoms with E-state index in [4.69, 9.17) is 0 Å². The van der Waals surface area contributed by atoms with Crippen LogP contribution in [0.5, 0.6) is 0 Å². The van der Waals surface area contributed by atoms with Gasteiger partial charge in [0, 0.05) is 31.0 Å². The third-order valence-corrected chi connectivity index (χ3v) is 14.8. The highest BCUT2D eigenvalue weighted by atomic mass is 32.1. The molecule has 0 saturated heterocycles. The molecule has 11 aromatic carbocycles. The smallest absolute Gasteiger partial charge is 0.0440 e. The molecule has 280 valence electrons. The number of thiophene rings is 1. The number of hydrogen-bond acceptors (Lipinski definition) is 1. The van der Waals surface area contributed by atoms with Crippen LogP contribution in [0.4, 0.5) is 0 Å². The van der Waals surface area contributed by atoms with Crippen molar-refractivity contribution in [3.8, 4) is 44.5 Å². The zero-order chi connectivity index (χ0) is 39.7. The van der Waals surface area contributed by atoms with Crippen LogP contribution in [-0.4, -0.2) is 0 Å². The summed E-state index contributed by atoms with van der Waals surface area (Å²) in [7, 11) is 0. The highest BCUT2D eigenvalue weighted by Gasteiger charge is 2.36. The van der Waals surface area contributed by atoms with Gasteiger partial charge in [-0.25, -0.2) is 0 Å². The van der Waals surface area contributed by atoms with Crippen LogP contribution in [0.25, 0.3) is 119 Å². The first-order chi connectivity index (χ1) is 29.5. The van der Waals surface area contributed by atoms with Crippen molar-refractivity contribution in [1.82, 2.24) is 0 Å². The van der Waals surface area contributed by atoms with E-state index in [-0.39, 0.29) is 5.41 Å². The van der Waals surface area contributed by atoms with Crippen LogP contribution in [-0.2, 0) is 5.41 Å². The Hall–Kier alpha value is -7.06. The molecule has 0 N–H and O–H groups in total. The summed E-state index contributed by atoms with van der Waals surface area (Å²) < 4.78 is 2.71. The third-order valence-electron chi connectivity index (χ3n) is 13.6. The molecule has 0 saturated carbocycles. The molecule has 12 aromatic rings. The van der Waals surface area contributed by atoms with Crippen molar-refractivity contribution in [3.63, 3.8) is 0 Å². The summed E-state index contributed by atoms with van der Waals surface area (Å²) in [6, 6.07) is 72.9. The molecule has 13 rings (SSSR count). The maximum Gasteiger partial charge on any atom is 0.0440 e. The van der Waals surface area contributed by atoms with Crippen molar-refractivity contribution in [2.24, 2.45) is 0 Å². The van der Waals surface area contributed by atoms with Gasteiger partial charge in [-0.1, -0.05) is 190 Å². The quantitative estimate of drug-likeness (QED) is 0.124. The van der Waals surface area contributed by atoms with E-state index in [1.54, 1.807) is 0 Å². The summed E-state index contributed by atoms with van der Waals surface area (Å²) in [5.74, 6) is 0. The Labute approximate surface area is 352 Å². The number of fused-ring (bicyclic) bond motifs is 14. The lowest BCUT2D eigenvalue weighted by molar-refractivity contribution is 0.661. The van der Waals surface area contributed by atoms with Crippen molar-refractivity contribution in [2.45, 2.75) is 19.3 Å². The summed E-state index contributed by atoms with van der Waals surface area (Å²) in [5.41, 5.74) is 13.0. The van der Waals surface area contributed by atoms with Gasteiger partial charge in [0.2, 0.25) is 0 Å². The Kier molecular flexibility index (Phi) is 7.04. The summed E-state index contributed by atoms with van der Waals surface area (Å²) in [6.45, 7) is 4.83. The second kappa shape index (κ2) is 12.5. The molecule has 1 aliphatic rings. The second-order valence-electron chi connectivity index (χ2n) is 17.1. The van der Waals surface area contributed by atoms with Gasteiger partial charge in [0.15, 0.2) is 0 Å². The van der Waals surface area contributed by atoms with Gasteiger partial charge in [0.1, 0.15) is 0 Å². The number of hydrogen-bond donors (Lipinski definition) is 0. The first-order valence-electron chi connectivity index (χ1n) is 21.0. The van der Waals surface area contributed by atoms with E-state index in [9.17, 15) is 0 Å². The van der Waals surface area contributed by atoms with Crippen molar-refractivity contribution < 1.29 is 0 Å². The minimum absolute atomic E-state index is 0.176. The highest BCUT2D eigenvalue weighted by Crippen LogP contribution is 2.53. The molecule has 1 heterocycles. The van der Waals surface area contributed by atoms with Crippen LogP contribution in [0, 0.1) is 0 Å². The average molecular weight is 779 g/mol. The molecule has 0 aliphatic heterocycles. The number of rotatable bonds is 3. The largest absolute Gasteiger partial charge is 0.134 e. The highest BCUT2D eigenvalue weighted by molar-refractivity contribution is 7.27. The van der Waals surface area contributed by atoms with Crippen LogP contribution in [0.1, 0.15) is 25.0 Å². The Morgan fingerprint density at radius 3 is 1.50 bits per heavy atom. The normalized spacial score (nSPS) is 13.3. The van der Waals surface area contributed by atoms with Crippen LogP contribution in [0.15, 0.2) is 194 Å².